The van der Waals surface area contributed by atoms with Crippen molar-refractivity contribution in [2.75, 3.05) is 0 Å². The van der Waals surface area contributed by atoms with E-state index in [4.69, 9.17) is 5.21 Å². The maximum Gasteiger partial charge on any atom is 0.260 e. The smallest absolute Gasteiger partial charge is 0.260 e. The van der Waals surface area contributed by atoms with Crippen molar-refractivity contribution in [3.63, 3.8) is 0 Å². The number of H-pyrrole nitrogens is 1. The third-order valence-corrected chi connectivity index (χ3v) is 6.60. The van der Waals surface area contributed by atoms with E-state index in [9.17, 15) is 13.2 Å². The van der Waals surface area contributed by atoms with Crippen molar-refractivity contribution < 1.29 is 18.4 Å². The van der Waals surface area contributed by atoms with Gasteiger partial charge in [-0.25, -0.2) is 18.9 Å². The molecule has 0 radical (unpaired) electrons. The molecule has 0 saturated heterocycles. The van der Waals surface area contributed by atoms with E-state index < -0.39 is 27.2 Å². The number of hydrogen-bond donors (Lipinski definition) is 4. The zero-order chi connectivity index (χ0) is 19.7. The Balaban J connectivity index is 1.69. The summed E-state index contributed by atoms with van der Waals surface area (Å²) in [7, 11) is -3.89. The Labute approximate surface area is 160 Å². The van der Waals surface area contributed by atoms with Crippen molar-refractivity contribution >= 4 is 15.7 Å². The van der Waals surface area contributed by atoms with E-state index in [0.29, 0.717) is 11.4 Å². The fourth-order valence-corrected chi connectivity index (χ4v) is 4.87. The van der Waals surface area contributed by atoms with Crippen LogP contribution in [0.3, 0.4) is 0 Å². The molecule has 3 aromatic rings. The maximum atomic E-state index is 13.2. The zero-order valence-corrected chi connectivity index (χ0v) is 15.3. The van der Waals surface area contributed by atoms with Crippen LogP contribution in [0, 0.1) is 0 Å². The number of amides is 1. The first-order chi connectivity index (χ1) is 13.5. The highest BCUT2D eigenvalue weighted by atomic mass is 32.2. The Bertz CT molecular complexity index is 1100. The topological polar surface area (TPSA) is 137 Å². The number of nitrogens with zero attached hydrogens (tertiary/aromatic N) is 2. The molecule has 9 nitrogen and oxygen atoms in total. The van der Waals surface area contributed by atoms with Gasteiger partial charge in [0.1, 0.15) is 0 Å². The molecule has 2 unspecified atom stereocenters. The maximum absolute atomic E-state index is 13.2. The highest BCUT2D eigenvalue weighted by Gasteiger charge is 2.40. The van der Waals surface area contributed by atoms with Crippen molar-refractivity contribution in [3.05, 3.63) is 66.5 Å². The molecule has 3 heterocycles. The standard InChI is InChI=1S/C18H17N5O4S/c24-17(23-25)15-9-14-16(21-10-20-14)18(22-15)28(26,27)13-3-1-11(2-4-13)12-5-7-19-8-6-12/h1-8,10,15,18,22,25H,9H2,(H,20,21)(H,23,24). The number of imidazole rings is 1. The third-order valence-electron chi connectivity index (χ3n) is 4.69. The number of aromatic amines is 1. The van der Waals surface area contributed by atoms with Crippen LogP contribution in [0.5, 0.6) is 0 Å². The van der Waals surface area contributed by atoms with Gasteiger partial charge in [0.05, 0.1) is 23.0 Å². The molecule has 2 atom stereocenters. The first-order valence-electron chi connectivity index (χ1n) is 8.47. The number of rotatable bonds is 4. The molecule has 1 aliphatic heterocycles. The average Bonchev–Trinajstić information content (AvgIpc) is 3.21. The van der Waals surface area contributed by atoms with Gasteiger partial charge >= 0.3 is 0 Å². The van der Waals surface area contributed by atoms with E-state index in [0.717, 1.165) is 11.1 Å². The molecule has 4 rings (SSSR count). The van der Waals surface area contributed by atoms with Crippen molar-refractivity contribution in [1.29, 1.82) is 0 Å². The Kier molecular flexibility index (Phi) is 4.67. The predicted octanol–water partition coefficient (Wildman–Crippen LogP) is 0.964. The van der Waals surface area contributed by atoms with Gasteiger partial charge in [-0.05, 0) is 35.4 Å². The van der Waals surface area contributed by atoms with Gasteiger partial charge in [0, 0.05) is 24.5 Å². The molecule has 0 bridgehead atoms. The second kappa shape index (κ2) is 7.15. The molecule has 0 aliphatic carbocycles. The molecule has 10 heteroatoms. The summed E-state index contributed by atoms with van der Waals surface area (Å²) in [6.07, 6.45) is 4.91. The Morgan fingerprint density at radius 3 is 2.46 bits per heavy atom. The van der Waals surface area contributed by atoms with Crippen LogP contribution in [0.2, 0.25) is 0 Å². The van der Waals surface area contributed by atoms with E-state index >= 15 is 0 Å². The second-order valence-electron chi connectivity index (χ2n) is 6.35. The lowest BCUT2D eigenvalue weighted by molar-refractivity contribution is -0.131. The van der Waals surface area contributed by atoms with Crippen LogP contribution in [0.4, 0.5) is 0 Å². The average molecular weight is 399 g/mol. The lowest BCUT2D eigenvalue weighted by Crippen LogP contribution is -2.50. The fourth-order valence-electron chi connectivity index (χ4n) is 3.25. The van der Waals surface area contributed by atoms with Crippen molar-refractivity contribution in [3.8, 4) is 11.1 Å². The van der Waals surface area contributed by atoms with Crippen LogP contribution >= 0.6 is 0 Å². The number of sulfone groups is 1. The third kappa shape index (κ3) is 3.17. The van der Waals surface area contributed by atoms with Gasteiger partial charge < -0.3 is 4.98 Å². The Morgan fingerprint density at radius 2 is 1.79 bits per heavy atom. The molecule has 1 amide bonds. The summed E-state index contributed by atoms with van der Waals surface area (Å²) in [6.45, 7) is 0. The molecule has 1 aliphatic rings. The first kappa shape index (κ1) is 18.3. The number of hydroxylamine groups is 1. The van der Waals surface area contributed by atoms with Crippen molar-refractivity contribution in [2.24, 2.45) is 0 Å². The Morgan fingerprint density at radius 1 is 1.11 bits per heavy atom. The number of pyridine rings is 1. The summed E-state index contributed by atoms with van der Waals surface area (Å²) in [4.78, 5) is 22.9. The van der Waals surface area contributed by atoms with Gasteiger partial charge in [0.15, 0.2) is 15.2 Å². The molecule has 4 N–H and O–H groups in total. The quantitative estimate of drug-likeness (QED) is 0.379. The molecule has 0 fully saturated rings. The van der Waals surface area contributed by atoms with E-state index in [1.807, 2.05) is 12.1 Å². The minimum atomic E-state index is -3.89. The van der Waals surface area contributed by atoms with Crippen LogP contribution in [-0.4, -0.2) is 40.5 Å². The van der Waals surface area contributed by atoms with Crippen LogP contribution in [0.15, 0.2) is 60.0 Å². The van der Waals surface area contributed by atoms with E-state index in [1.165, 1.54) is 18.5 Å². The fraction of sp³-hybridized carbons (Fsp3) is 0.167. The van der Waals surface area contributed by atoms with Gasteiger partial charge in [-0.1, -0.05) is 12.1 Å². The lowest BCUT2D eigenvalue weighted by Gasteiger charge is -2.28. The zero-order valence-electron chi connectivity index (χ0n) is 14.5. The van der Waals surface area contributed by atoms with Crippen molar-refractivity contribution in [1.82, 2.24) is 25.7 Å². The second-order valence-corrected chi connectivity index (χ2v) is 8.38. The van der Waals surface area contributed by atoms with E-state index in [2.05, 4.69) is 20.3 Å². The lowest BCUT2D eigenvalue weighted by atomic mass is 10.1. The summed E-state index contributed by atoms with van der Waals surface area (Å²) >= 11 is 0. The molecular weight excluding hydrogens is 382 g/mol. The van der Waals surface area contributed by atoms with Gasteiger partial charge in [-0.3, -0.25) is 20.3 Å². The number of carbonyl (C=O) groups is 1. The molecular formula is C18H17N5O4S. The predicted molar refractivity (Wildman–Crippen MR) is 98.7 cm³/mol. The van der Waals surface area contributed by atoms with Crippen LogP contribution < -0.4 is 10.8 Å². The molecule has 1 aromatic carbocycles. The van der Waals surface area contributed by atoms with Crippen LogP contribution in [0.25, 0.3) is 11.1 Å². The van der Waals surface area contributed by atoms with Crippen LogP contribution in [0.1, 0.15) is 16.8 Å². The molecule has 2 aromatic heterocycles. The minimum absolute atomic E-state index is 0.0989. The number of hydrogen-bond acceptors (Lipinski definition) is 7. The molecule has 0 spiro atoms. The van der Waals surface area contributed by atoms with Crippen LogP contribution in [-0.2, 0) is 21.1 Å². The van der Waals surface area contributed by atoms with Gasteiger partial charge in [-0.15, -0.1) is 0 Å². The monoisotopic (exact) mass is 399 g/mol. The summed E-state index contributed by atoms with van der Waals surface area (Å²) in [5, 5.41) is 10.5. The summed E-state index contributed by atoms with van der Waals surface area (Å²) < 4.78 is 26.5. The minimum Gasteiger partial charge on any atom is -0.348 e. The number of benzene rings is 1. The number of nitrogens with one attached hydrogen (secondary N) is 3. The SMILES string of the molecule is O=C(NO)C1Cc2[nH]cnc2C(S(=O)(=O)c2ccc(-c3ccncc3)cc2)N1. The Hall–Kier alpha value is -3.08. The molecule has 0 saturated carbocycles. The van der Waals surface area contributed by atoms with Gasteiger partial charge in [0.25, 0.3) is 5.91 Å². The summed E-state index contributed by atoms with van der Waals surface area (Å²) in [5.74, 6) is -0.714. The first-order valence-corrected chi connectivity index (χ1v) is 10.0. The van der Waals surface area contributed by atoms with Gasteiger partial charge in [-0.2, -0.15) is 0 Å². The molecule has 28 heavy (non-hydrogen) atoms. The van der Waals surface area contributed by atoms with Gasteiger partial charge in [0.2, 0.25) is 0 Å². The largest absolute Gasteiger partial charge is 0.348 e. The van der Waals surface area contributed by atoms with Crippen molar-refractivity contribution in [2.45, 2.75) is 22.7 Å². The highest BCUT2D eigenvalue weighted by Crippen LogP contribution is 2.32. The summed E-state index contributed by atoms with van der Waals surface area (Å²) in [5.41, 5.74) is 4.19. The highest BCUT2D eigenvalue weighted by molar-refractivity contribution is 7.91. The van der Waals surface area contributed by atoms with E-state index in [1.54, 1.807) is 30.0 Å². The summed E-state index contributed by atoms with van der Waals surface area (Å²) in [6, 6.07) is 9.24. The number of carbonyl (C=O) groups excluding carboxylic acids is 1. The number of fused-ring (bicyclic) bond motifs is 1. The number of aromatic nitrogens is 3. The molecule has 144 valence electrons. The van der Waals surface area contributed by atoms with E-state index in [-0.39, 0.29) is 11.3 Å². The normalized spacial score (nSPS) is 19.0.